The zero-order valence-electron chi connectivity index (χ0n) is 11.6. The Morgan fingerprint density at radius 3 is 3.10 bits per heavy atom. The lowest BCUT2D eigenvalue weighted by Gasteiger charge is -2.13. The SMILES string of the molecule is CCNC(=O)Cn1c(C2CCCO2)nc2ccccc21. The molecule has 0 radical (unpaired) electrons. The summed E-state index contributed by atoms with van der Waals surface area (Å²) in [7, 11) is 0. The maximum atomic E-state index is 11.9. The van der Waals surface area contributed by atoms with Crippen LogP contribution in [0.5, 0.6) is 0 Å². The van der Waals surface area contributed by atoms with E-state index in [4.69, 9.17) is 4.74 Å². The molecular weight excluding hydrogens is 254 g/mol. The molecule has 2 heterocycles. The van der Waals surface area contributed by atoms with Gasteiger partial charge in [0.25, 0.3) is 0 Å². The van der Waals surface area contributed by atoms with Gasteiger partial charge in [-0.3, -0.25) is 4.79 Å². The Balaban J connectivity index is 2.01. The van der Waals surface area contributed by atoms with Gasteiger partial charge < -0.3 is 14.6 Å². The highest BCUT2D eigenvalue weighted by molar-refractivity contribution is 5.81. The summed E-state index contributed by atoms with van der Waals surface area (Å²) in [6, 6.07) is 7.91. The molecule has 106 valence electrons. The van der Waals surface area contributed by atoms with Gasteiger partial charge in [0.1, 0.15) is 18.5 Å². The first-order valence-corrected chi connectivity index (χ1v) is 7.13. The average Bonchev–Trinajstić information content (AvgIpc) is 3.07. The van der Waals surface area contributed by atoms with Crippen LogP contribution < -0.4 is 5.32 Å². The largest absolute Gasteiger partial charge is 0.370 e. The van der Waals surface area contributed by atoms with E-state index in [2.05, 4.69) is 10.3 Å². The molecule has 0 aliphatic carbocycles. The van der Waals surface area contributed by atoms with Crippen LogP contribution in [0.2, 0.25) is 0 Å². The zero-order chi connectivity index (χ0) is 13.9. The Morgan fingerprint density at radius 1 is 1.50 bits per heavy atom. The van der Waals surface area contributed by atoms with Gasteiger partial charge in [0.2, 0.25) is 5.91 Å². The number of carbonyl (C=O) groups excluding carboxylic acids is 1. The molecule has 0 bridgehead atoms. The maximum Gasteiger partial charge on any atom is 0.239 e. The molecule has 1 amide bonds. The third-order valence-electron chi connectivity index (χ3n) is 3.58. The molecule has 1 atom stereocenters. The van der Waals surface area contributed by atoms with Gasteiger partial charge in [-0.15, -0.1) is 0 Å². The zero-order valence-corrected chi connectivity index (χ0v) is 11.6. The molecule has 1 fully saturated rings. The summed E-state index contributed by atoms with van der Waals surface area (Å²) in [5.74, 6) is 0.879. The van der Waals surface area contributed by atoms with Crippen LogP contribution in [0, 0.1) is 0 Å². The second-order valence-electron chi connectivity index (χ2n) is 5.00. The van der Waals surface area contributed by atoms with Crippen molar-refractivity contribution in [3.8, 4) is 0 Å². The highest BCUT2D eigenvalue weighted by Gasteiger charge is 2.25. The number of imidazole rings is 1. The Bertz CT molecular complexity index is 615. The Hall–Kier alpha value is -1.88. The Labute approximate surface area is 117 Å². The van der Waals surface area contributed by atoms with E-state index in [9.17, 15) is 4.79 Å². The normalized spacial score (nSPS) is 18.6. The summed E-state index contributed by atoms with van der Waals surface area (Å²) in [4.78, 5) is 16.6. The van der Waals surface area contributed by atoms with Crippen molar-refractivity contribution in [1.29, 1.82) is 0 Å². The molecule has 1 aliphatic heterocycles. The molecule has 1 aliphatic rings. The highest BCUT2D eigenvalue weighted by atomic mass is 16.5. The fourth-order valence-electron chi connectivity index (χ4n) is 2.68. The molecule has 1 aromatic carbocycles. The molecular formula is C15H19N3O2. The summed E-state index contributed by atoms with van der Waals surface area (Å²) in [5.41, 5.74) is 1.91. The van der Waals surface area contributed by atoms with E-state index in [1.807, 2.05) is 35.8 Å². The minimum Gasteiger partial charge on any atom is -0.370 e. The number of rotatable bonds is 4. The predicted molar refractivity (Wildman–Crippen MR) is 76.3 cm³/mol. The number of likely N-dealkylation sites (N-methyl/N-ethyl adjacent to an activating group) is 1. The number of hydrogen-bond acceptors (Lipinski definition) is 3. The third kappa shape index (κ3) is 2.41. The van der Waals surface area contributed by atoms with Crippen LogP contribution in [0.25, 0.3) is 11.0 Å². The van der Waals surface area contributed by atoms with Crippen molar-refractivity contribution >= 4 is 16.9 Å². The molecule has 1 saturated heterocycles. The maximum absolute atomic E-state index is 11.9. The first kappa shape index (κ1) is 13.1. The van der Waals surface area contributed by atoms with Crippen LogP contribution in [0.3, 0.4) is 0 Å². The van der Waals surface area contributed by atoms with Crippen molar-refractivity contribution < 1.29 is 9.53 Å². The molecule has 1 aromatic heterocycles. The van der Waals surface area contributed by atoms with Gasteiger partial charge >= 0.3 is 0 Å². The van der Waals surface area contributed by atoms with E-state index >= 15 is 0 Å². The van der Waals surface area contributed by atoms with E-state index in [1.54, 1.807) is 0 Å². The van der Waals surface area contributed by atoms with Gasteiger partial charge in [0.15, 0.2) is 0 Å². The fourth-order valence-corrected chi connectivity index (χ4v) is 2.68. The second kappa shape index (κ2) is 5.63. The van der Waals surface area contributed by atoms with Gasteiger partial charge in [-0.25, -0.2) is 4.98 Å². The number of benzene rings is 1. The van der Waals surface area contributed by atoms with Gasteiger partial charge in [-0.1, -0.05) is 12.1 Å². The van der Waals surface area contributed by atoms with Crippen molar-refractivity contribution in [3.63, 3.8) is 0 Å². The lowest BCUT2D eigenvalue weighted by molar-refractivity contribution is -0.121. The van der Waals surface area contributed by atoms with Gasteiger partial charge in [0, 0.05) is 13.2 Å². The first-order valence-electron chi connectivity index (χ1n) is 7.13. The Kier molecular flexibility index (Phi) is 3.69. The van der Waals surface area contributed by atoms with Crippen LogP contribution in [0.4, 0.5) is 0 Å². The van der Waals surface area contributed by atoms with Crippen molar-refractivity contribution in [2.24, 2.45) is 0 Å². The smallest absolute Gasteiger partial charge is 0.239 e. The summed E-state index contributed by atoms with van der Waals surface area (Å²) in [6.07, 6.45) is 2.03. The monoisotopic (exact) mass is 273 g/mol. The van der Waals surface area contributed by atoms with Gasteiger partial charge in [0.05, 0.1) is 11.0 Å². The molecule has 1 N–H and O–H groups in total. The third-order valence-corrected chi connectivity index (χ3v) is 3.58. The van der Waals surface area contributed by atoms with Crippen molar-refractivity contribution in [2.75, 3.05) is 13.2 Å². The van der Waals surface area contributed by atoms with E-state index in [0.717, 1.165) is 36.3 Å². The van der Waals surface area contributed by atoms with Crippen LogP contribution in [0.15, 0.2) is 24.3 Å². The molecule has 3 rings (SSSR count). The summed E-state index contributed by atoms with van der Waals surface area (Å²) >= 11 is 0. The summed E-state index contributed by atoms with van der Waals surface area (Å²) in [6.45, 7) is 3.63. The predicted octanol–water partition coefficient (Wildman–Crippen LogP) is 2.02. The average molecular weight is 273 g/mol. The number of fused-ring (bicyclic) bond motifs is 1. The molecule has 2 aromatic rings. The van der Waals surface area contributed by atoms with E-state index in [0.29, 0.717) is 13.1 Å². The standard InChI is InChI=1S/C15H19N3O2/c1-2-16-14(19)10-18-12-7-4-3-6-11(12)17-15(18)13-8-5-9-20-13/h3-4,6-7,13H,2,5,8-10H2,1H3,(H,16,19). The molecule has 5 nitrogen and oxygen atoms in total. The molecule has 0 saturated carbocycles. The number of carbonyl (C=O) groups is 1. The quantitative estimate of drug-likeness (QED) is 0.927. The van der Waals surface area contributed by atoms with Crippen LogP contribution >= 0.6 is 0 Å². The van der Waals surface area contributed by atoms with Crippen LogP contribution in [0.1, 0.15) is 31.7 Å². The number of para-hydroxylation sites is 2. The van der Waals surface area contributed by atoms with E-state index < -0.39 is 0 Å². The topological polar surface area (TPSA) is 56.2 Å². The second-order valence-corrected chi connectivity index (χ2v) is 5.00. The lowest BCUT2D eigenvalue weighted by Crippen LogP contribution is -2.28. The minimum absolute atomic E-state index is 0.00917. The summed E-state index contributed by atoms with van der Waals surface area (Å²) < 4.78 is 7.72. The number of amides is 1. The molecule has 1 unspecified atom stereocenters. The molecule has 5 heteroatoms. The van der Waals surface area contributed by atoms with E-state index in [1.165, 1.54) is 0 Å². The number of nitrogens with zero attached hydrogens (tertiary/aromatic N) is 2. The highest BCUT2D eigenvalue weighted by Crippen LogP contribution is 2.30. The van der Waals surface area contributed by atoms with Crippen molar-refractivity contribution in [2.45, 2.75) is 32.4 Å². The lowest BCUT2D eigenvalue weighted by atomic mass is 10.2. The number of hydrogen-bond donors (Lipinski definition) is 1. The van der Waals surface area contributed by atoms with E-state index in [-0.39, 0.29) is 12.0 Å². The first-order chi connectivity index (χ1) is 9.79. The van der Waals surface area contributed by atoms with Crippen molar-refractivity contribution in [1.82, 2.24) is 14.9 Å². The molecule has 20 heavy (non-hydrogen) atoms. The van der Waals surface area contributed by atoms with Crippen LogP contribution in [-0.2, 0) is 16.1 Å². The number of ether oxygens (including phenoxy) is 1. The summed E-state index contributed by atoms with van der Waals surface area (Å²) in [5, 5.41) is 2.84. The minimum atomic E-state index is 0.00917. The number of aromatic nitrogens is 2. The number of nitrogens with one attached hydrogen (secondary N) is 1. The Morgan fingerprint density at radius 2 is 2.35 bits per heavy atom. The van der Waals surface area contributed by atoms with Gasteiger partial charge in [-0.2, -0.15) is 0 Å². The van der Waals surface area contributed by atoms with Crippen molar-refractivity contribution in [3.05, 3.63) is 30.1 Å². The fraction of sp³-hybridized carbons (Fsp3) is 0.467. The molecule has 0 spiro atoms. The van der Waals surface area contributed by atoms with Crippen LogP contribution in [-0.4, -0.2) is 28.6 Å². The van der Waals surface area contributed by atoms with Gasteiger partial charge in [-0.05, 0) is 31.9 Å².